The quantitative estimate of drug-likeness (QED) is 0.628. The molecule has 0 unspecified atom stereocenters. The van der Waals surface area contributed by atoms with Crippen molar-refractivity contribution in [2.45, 2.75) is 71.4 Å². The topological polar surface area (TPSA) is 18.5 Å². The number of hydrogen-bond acceptors (Lipinski definition) is 2. The largest absolute Gasteiger partial charge is 0.345 e. The fraction of sp³-hybridized carbons (Fsp3) is 1.00. The highest BCUT2D eigenvalue weighted by Gasteiger charge is 2.37. The molecule has 1 saturated heterocycles. The first kappa shape index (κ1) is 11.0. The van der Waals surface area contributed by atoms with Gasteiger partial charge in [0.1, 0.15) is 0 Å². The Kier molecular flexibility index (Phi) is 3.74. The maximum absolute atomic E-state index is 5.79. The van der Waals surface area contributed by atoms with Gasteiger partial charge in [-0.1, -0.05) is 26.2 Å². The Hall–Kier alpha value is -0.0800. The molecule has 78 valence electrons. The third-order valence-electron chi connectivity index (χ3n) is 2.52. The highest BCUT2D eigenvalue weighted by molar-refractivity contribution is 4.77. The molecule has 0 radical (unpaired) electrons. The summed E-state index contributed by atoms with van der Waals surface area (Å²) in [6, 6.07) is 0. The second kappa shape index (κ2) is 4.43. The molecule has 2 heteroatoms. The predicted octanol–water partition coefficient (Wildman–Crippen LogP) is 3.11. The van der Waals surface area contributed by atoms with Gasteiger partial charge in [0, 0.05) is 0 Å². The van der Waals surface area contributed by atoms with Crippen LogP contribution in [0.5, 0.6) is 0 Å². The van der Waals surface area contributed by atoms with Crippen LogP contribution < -0.4 is 0 Å². The van der Waals surface area contributed by atoms with Gasteiger partial charge in [0.15, 0.2) is 5.79 Å². The van der Waals surface area contributed by atoms with E-state index in [9.17, 15) is 0 Å². The summed E-state index contributed by atoms with van der Waals surface area (Å²) in [6.45, 7) is 8.30. The lowest BCUT2D eigenvalue weighted by atomic mass is 10.1. The molecule has 1 heterocycles. The minimum atomic E-state index is -0.365. The summed E-state index contributed by atoms with van der Waals surface area (Å²) in [4.78, 5) is 0. The maximum Gasteiger partial charge on any atom is 0.163 e. The lowest BCUT2D eigenvalue weighted by molar-refractivity contribution is -0.145. The molecule has 0 aromatic heterocycles. The molecule has 0 bridgehead atoms. The Morgan fingerprint density at radius 3 is 2.31 bits per heavy atom. The smallest absolute Gasteiger partial charge is 0.163 e. The molecule has 0 amide bonds. The zero-order valence-electron chi connectivity index (χ0n) is 9.30. The van der Waals surface area contributed by atoms with E-state index in [1.54, 1.807) is 0 Å². The van der Waals surface area contributed by atoms with Crippen LogP contribution in [0.3, 0.4) is 0 Å². The summed E-state index contributed by atoms with van der Waals surface area (Å²) in [6.07, 6.45) is 5.52. The van der Waals surface area contributed by atoms with Crippen LogP contribution in [0.1, 0.15) is 53.4 Å². The highest BCUT2D eigenvalue weighted by atomic mass is 16.7. The molecule has 1 rings (SSSR count). The normalized spacial score (nSPS) is 32.3. The van der Waals surface area contributed by atoms with E-state index < -0.39 is 0 Å². The summed E-state index contributed by atoms with van der Waals surface area (Å²) in [5.41, 5.74) is 0. The SMILES string of the molecule is CCCCC[C@@H]1OC(C)(C)O[C@H]1C. The molecule has 1 fully saturated rings. The molecular weight excluding hydrogens is 164 g/mol. The summed E-state index contributed by atoms with van der Waals surface area (Å²) in [5, 5.41) is 0. The van der Waals surface area contributed by atoms with Crippen molar-refractivity contribution >= 4 is 0 Å². The van der Waals surface area contributed by atoms with Gasteiger partial charge in [-0.2, -0.15) is 0 Å². The van der Waals surface area contributed by atoms with Crippen LogP contribution in [-0.2, 0) is 9.47 Å². The third kappa shape index (κ3) is 3.28. The van der Waals surface area contributed by atoms with Crippen molar-refractivity contribution in [3.63, 3.8) is 0 Å². The van der Waals surface area contributed by atoms with E-state index in [1.807, 2.05) is 13.8 Å². The summed E-state index contributed by atoms with van der Waals surface area (Å²) in [7, 11) is 0. The van der Waals surface area contributed by atoms with Crippen LogP contribution in [0, 0.1) is 0 Å². The van der Waals surface area contributed by atoms with Crippen molar-refractivity contribution < 1.29 is 9.47 Å². The van der Waals surface area contributed by atoms with E-state index in [4.69, 9.17) is 9.47 Å². The monoisotopic (exact) mass is 186 g/mol. The predicted molar refractivity (Wildman–Crippen MR) is 53.6 cm³/mol. The van der Waals surface area contributed by atoms with E-state index in [2.05, 4.69) is 13.8 Å². The first-order valence-corrected chi connectivity index (χ1v) is 5.41. The van der Waals surface area contributed by atoms with E-state index in [-0.39, 0.29) is 11.9 Å². The van der Waals surface area contributed by atoms with E-state index in [1.165, 1.54) is 19.3 Å². The standard InChI is InChI=1S/C11H22O2/c1-5-6-7-8-10-9(2)12-11(3,4)13-10/h9-10H,5-8H2,1-4H3/t9-,10-/m0/s1. The Labute approximate surface area is 81.6 Å². The second-order valence-electron chi connectivity index (χ2n) is 4.37. The highest BCUT2D eigenvalue weighted by Crippen LogP contribution is 2.30. The van der Waals surface area contributed by atoms with Gasteiger partial charge in [-0.05, 0) is 27.2 Å². The van der Waals surface area contributed by atoms with Gasteiger partial charge in [0.2, 0.25) is 0 Å². The molecule has 1 aliphatic rings. The average Bonchev–Trinajstić information content (AvgIpc) is 2.25. The molecular formula is C11H22O2. The molecule has 0 N–H and O–H groups in total. The molecule has 0 spiro atoms. The van der Waals surface area contributed by atoms with Crippen LogP contribution in [0.15, 0.2) is 0 Å². The molecule has 13 heavy (non-hydrogen) atoms. The molecule has 1 aliphatic heterocycles. The van der Waals surface area contributed by atoms with Crippen molar-refractivity contribution in [2.75, 3.05) is 0 Å². The van der Waals surface area contributed by atoms with Crippen LogP contribution in [0.2, 0.25) is 0 Å². The van der Waals surface area contributed by atoms with Crippen molar-refractivity contribution in [1.29, 1.82) is 0 Å². The molecule has 2 nitrogen and oxygen atoms in total. The Morgan fingerprint density at radius 1 is 1.15 bits per heavy atom. The summed E-state index contributed by atoms with van der Waals surface area (Å²) < 4.78 is 11.5. The Balaban J connectivity index is 2.27. The van der Waals surface area contributed by atoms with Crippen LogP contribution >= 0.6 is 0 Å². The number of rotatable bonds is 4. The van der Waals surface area contributed by atoms with E-state index in [0.717, 1.165) is 6.42 Å². The molecule has 0 aromatic carbocycles. The van der Waals surface area contributed by atoms with Gasteiger partial charge in [-0.25, -0.2) is 0 Å². The van der Waals surface area contributed by atoms with Crippen molar-refractivity contribution in [2.24, 2.45) is 0 Å². The van der Waals surface area contributed by atoms with Gasteiger partial charge in [0.25, 0.3) is 0 Å². The fourth-order valence-electron chi connectivity index (χ4n) is 1.90. The first-order valence-electron chi connectivity index (χ1n) is 5.41. The first-order chi connectivity index (χ1) is 6.05. The van der Waals surface area contributed by atoms with Crippen LogP contribution in [0.25, 0.3) is 0 Å². The van der Waals surface area contributed by atoms with Crippen LogP contribution in [-0.4, -0.2) is 18.0 Å². The van der Waals surface area contributed by atoms with Crippen LogP contribution in [0.4, 0.5) is 0 Å². The number of ether oxygens (including phenoxy) is 2. The van der Waals surface area contributed by atoms with Gasteiger partial charge < -0.3 is 9.47 Å². The van der Waals surface area contributed by atoms with Gasteiger partial charge in [0.05, 0.1) is 12.2 Å². The van der Waals surface area contributed by atoms with Crippen molar-refractivity contribution in [3.05, 3.63) is 0 Å². The summed E-state index contributed by atoms with van der Waals surface area (Å²) in [5.74, 6) is -0.365. The zero-order valence-corrected chi connectivity index (χ0v) is 9.30. The van der Waals surface area contributed by atoms with Crippen molar-refractivity contribution in [1.82, 2.24) is 0 Å². The number of unbranched alkanes of at least 4 members (excludes halogenated alkanes) is 2. The minimum absolute atomic E-state index is 0.256. The van der Waals surface area contributed by atoms with Gasteiger partial charge in [-0.3, -0.25) is 0 Å². The van der Waals surface area contributed by atoms with Gasteiger partial charge >= 0.3 is 0 Å². The van der Waals surface area contributed by atoms with E-state index >= 15 is 0 Å². The minimum Gasteiger partial charge on any atom is -0.345 e. The van der Waals surface area contributed by atoms with E-state index in [0.29, 0.717) is 6.10 Å². The van der Waals surface area contributed by atoms with Crippen molar-refractivity contribution in [3.8, 4) is 0 Å². The zero-order chi connectivity index (χ0) is 9.90. The maximum atomic E-state index is 5.79. The lowest BCUT2D eigenvalue weighted by Crippen LogP contribution is -2.21. The van der Waals surface area contributed by atoms with Gasteiger partial charge in [-0.15, -0.1) is 0 Å². The lowest BCUT2D eigenvalue weighted by Gasteiger charge is -2.16. The second-order valence-corrected chi connectivity index (χ2v) is 4.37. The Bertz CT molecular complexity index is 154. The Morgan fingerprint density at radius 2 is 1.85 bits per heavy atom. The average molecular weight is 186 g/mol. The third-order valence-corrected chi connectivity index (χ3v) is 2.52. The molecule has 2 atom stereocenters. The molecule has 0 aromatic rings. The summed E-state index contributed by atoms with van der Waals surface area (Å²) >= 11 is 0. The fourth-order valence-corrected chi connectivity index (χ4v) is 1.90. The molecule has 0 saturated carbocycles. The molecule has 0 aliphatic carbocycles. The number of hydrogen-bond donors (Lipinski definition) is 0.